The zero-order chi connectivity index (χ0) is 20.5. The lowest BCUT2D eigenvalue weighted by Crippen LogP contribution is -2.58. The zero-order valence-electron chi connectivity index (χ0n) is 16.1. The average molecular weight is 404 g/mol. The van der Waals surface area contributed by atoms with Gasteiger partial charge in [0, 0.05) is 42.3 Å². The molecule has 1 unspecified atom stereocenters. The number of fused-ring (bicyclic) bond motifs is 3. The first kappa shape index (κ1) is 19.9. The third-order valence-electron chi connectivity index (χ3n) is 6.19. The van der Waals surface area contributed by atoms with E-state index in [4.69, 9.17) is 17.6 Å². The standard InChI is InChI=1S/C18H28N8O3/c19-25-18(28)14-7-23-17-13(1-2-22-17)16(14)26(20)12-5-10-3-9(15(27)8-29-21)4-11(6-12)24-10/h1-2,9-12,22-24H,3-8,19-21H2,(H,25,28)/t9?,10-,11+,12-. The highest BCUT2D eigenvalue weighted by atomic mass is 16.6. The molecule has 11 nitrogen and oxygen atoms in total. The highest BCUT2D eigenvalue weighted by Gasteiger charge is 2.41. The molecule has 3 aliphatic heterocycles. The molecule has 2 bridgehead atoms. The van der Waals surface area contributed by atoms with E-state index in [9.17, 15) is 9.59 Å². The van der Waals surface area contributed by atoms with Crippen LogP contribution < -0.4 is 33.6 Å². The van der Waals surface area contributed by atoms with Crippen molar-refractivity contribution in [3.8, 4) is 0 Å². The number of aromatic nitrogens is 1. The summed E-state index contributed by atoms with van der Waals surface area (Å²) in [4.78, 5) is 32.2. The van der Waals surface area contributed by atoms with Gasteiger partial charge in [-0.15, -0.1) is 0 Å². The van der Waals surface area contributed by atoms with Crippen LogP contribution in [0.5, 0.6) is 0 Å². The molecule has 10 N–H and O–H groups in total. The highest BCUT2D eigenvalue weighted by Crippen LogP contribution is 2.37. The number of rotatable bonds is 6. The number of nitrogens with two attached hydrogens (primary N) is 3. The molecule has 2 saturated heterocycles. The maximum absolute atomic E-state index is 12.4. The van der Waals surface area contributed by atoms with Gasteiger partial charge in [-0.25, -0.2) is 17.6 Å². The first-order valence-electron chi connectivity index (χ1n) is 9.81. The summed E-state index contributed by atoms with van der Waals surface area (Å²) in [5, 5.41) is 8.48. The fraction of sp³-hybridized carbons (Fsp3) is 0.556. The summed E-state index contributed by atoms with van der Waals surface area (Å²) in [5.41, 5.74) is 4.23. The van der Waals surface area contributed by atoms with Gasteiger partial charge in [0.2, 0.25) is 0 Å². The van der Waals surface area contributed by atoms with Gasteiger partial charge in [0.05, 0.1) is 11.3 Å². The number of H-pyrrole nitrogens is 1. The van der Waals surface area contributed by atoms with Crippen LogP contribution in [0.3, 0.4) is 0 Å². The maximum Gasteiger partial charge on any atom is 0.265 e. The molecule has 1 aromatic heterocycles. The Morgan fingerprint density at radius 2 is 1.97 bits per heavy atom. The number of carbonyl (C=O) groups is 2. The number of hydrogen-bond acceptors (Lipinski definition) is 9. The quantitative estimate of drug-likeness (QED) is 0.172. The first-order valence-corrected chi connectivity index (χ1v) is 9.81. The molecule has 0 radical (unpaired) electrons. The van der Waals surface area contributed by atoms with Crippen molar-refractivity contribution >= 4 is 23.2 Å². The largest absolute Gasteiger partial charge is 0.367 e. The van der Waals surface area contributed by atoms with Crippen molar-refractivity contribution in [1.82, 2.24) is 20.7 Å². The molecular formula is C18H28N8O3. The van der Waals surface area contributed by atoms with Crippen LogP contribution in [-0.4, -0.2) is 53.0 Å². The second-order valence-electron chi connectivity index (χ2n) is 7.96. The molecular weight excluding hydrogens is 376 g/mol. The Kier molecular flexibility index (Phi) is 5.56. The summed E-state index contributed by atoms with van der Waals surface area (Å²) in [6, 6.07) is 2.27. The van der Waals surface area contributed by atoms with Crippen molar-refractivity contribution in [1.29, 1.82) is 0 Å². The molecule has 1 aromatic rings. The Morgan fingerprint density at radius 3 is 2.62 bits per heavy atom. The van der Waals surface area contributed by atoms with E-state index in [1.54, 1.807) is 5.01 Å². The lowest BCUT2D eigenvalue weighted by molar-refractivity contribution is -0.129. The number of anilines is 1. The van der Waals surface area contributed by atoms with Gasteiger partial charge in [-0.3, -0.25) is 19.9 Å². The number of amides is 1. The van der Waals surface area contributed by atoms with Crippen LogP contribution in [0.4, 0.5) is 5.82 Å². The molecule has 4 atom stereocenters. The van der Waals surface area contributed by atoms with Crippen molar-refractivity contribution in [3.05, 3.63) is 23.4 Å². The van der Waals surface area contributed by atoms with Crippen LogP contribution in [0.2, 0.25) is 0 Å². The lowest BCUT2D eigenvalue weighted by atomic mass is 9.76. The molecule has 3 aliphatic rings. The minimum Gasteiger partial charge on any atom is -0.367 e. The third-order valence-corrected chi connectivity index (χ3v) is 6.19. The van der Waals surface area contributed by atoms with Gasteiger partial charge in [-0.1, -0.05) is 0 Å². The number of nitrogens with one attached hydrogen (secondary N) is 4. The van der Waals surface area contributed by atoms with E-state index >= 15 is 0 Å². The number of carbonyl (C=O) groups excluding carboxylic acids is 2. The van der Waals surface area contributed by atoms with E-state index in [1.165, 1.54) is 0 Å². The molecule has 1 amide bonds. The number of nitrogens with zero attached hydrogens (tertiary/aromatic N) is 1. The Labute approximate surface area is 168 Å². The van der Waals surface area contributed by atoms with Gasteiger partial charge < -0.3 is 20.6 Å². The first-order chi connectivity index (χ1) is 14.0. The number of hydrazine groups is 2. The van der Waals surface area contributed by atoms with Crippen LogP contribution >= 0.6 is 0 Å². The van der Waals surface area contributed by atoms with E-state index in [2.05, 4.69) is 25.9 Å². The Morgan fingerprint density at radius 1 is 1.24 bits per heavy atom. The van der Waals surface area contributed by atoms with E-state index < -0.39 is 0 Å². The minimum atomic E-state index is -0.364. The second-order valence-corrected chi connectivity index (χ2v) is 7.96. The summed E-state index contributed by atoms with van der Waals surface area (Å²) < 4.78 is 0. The van der Waals surface area contributed by atoms with Crippen molar-refractivity contribution in [2.45, 2.75) is 43.8 Å². The van der Waals surface area contributed by atoms with Crippen molar-refractivity contribution in [2.24, 2.45) is 23.5 Å². The Bertz CT molecular complexity index is 808. The maximum atomic E-state index is 12.4. The molecule has 0 aliphatic carbocycles. The number of piperidine rings is 2. The predicted octanol–water partition coefficient (Wildman–Crippen LogP) is -1.32. The van der Waals surface area contributed by atoms with Gasteiger partial charge in [0.1, 0.15) is 12.4 Å². The zero-order valence-corrected chi connectivity index (χ0v) is 16.1. The van der Waals surface area contributed by atoms with Gasteiger partial charge in [-0.05, 0) is 31.7 Å². The van der Waals surface area contributed by atoms with Crippen LogP contribution in [0.1, 0.15) is 31.2 Å². The smallest absolute Gasteiger partial charge is 0.265 e. The number of hydrogen-bond donors (Lipinski definition) is 7. The predicted molar refractivity (Wildman–Crippen MR) is 106 cm³/mol. The molecule has 2 fully saturated rings. The summed E-state index contributed by atoms with van der Waals surface area (Å²) in [5.74, 6) is 17.5. The van der Waals surface area contributed by atoms with Gasteiger partial charge in [0.25, 0.3) is 5.91 Å². The average Bonchev–Trinajstić information content (AvgIpc) is 3.20. The normalized spacial score (nSPS) is 28.4. The number of ketones is 1. The third kappa shape index (κ3) is 3.74. The minimum absolute atomic E-state index is 0.0319. The van der Waals surface area contributed by atoms with E-state index in [1.807, 2.05) is 12.3 Å². The molecule has 4 heterocycles. The van der Waals surface area contributed by atoms with Crippen LogP contribution in [0.25, 0.3) is 5.70 Å². The summed E-state index contributed by atoms with van der Waals surface area (Å²) >= 11 is 0. The monoisotopic (exact) mass is 404 g/mol. The Balaban J connectivity index is 1.55. The summed E-state index contributed by atoms with van der Waals surface area (Å²) in [6.07, 6.45) is 4.81. The van der Waals surface area contributed by atoms with Crippen LogP contribution in [-0.2, 0) is 14.4 Å². The molecule has 158 valence electrons. The number of aromatic amines is 1. The van der Waals surface area contributed by atoms with Crippen molar-refractivity contribution in [3.63, 3.8) is 0 Å². The van der Waals surface area contributed by atoms with Crippen LogP contribution in [0.15, 0.2) is 17.8 Å². The van der Waals surface area contributed by atoms with E-state index in [-0.39, 0.29) is 42.3 Å². The van der Waals surface area contributed by atoms with E-state index in [0.29, 0.717) is 17.8 Å². The highest BCUT2D eigenvalue weighted by molar-refractivity contribution is 6.03. The SMILES string of the molecule is NNC(=O)C1=C(N(N)[C@@H]2C[C@H]3CC(C(=O)CON)C[C@@H](C2)N3)c2cc[nH]c2NC1. The molecule has 4 rings (SSSR count). The molecule has 0 spiro atoms. The fourth-order valence-electron chi connectivity index (χ4n) is 4.91. The summed E-state index contributed by atoms with van der Waals surface area (Å²) in [7, 11) is 0. The lowest BCUT2D eigenvalue weighted by Gasteiger charge is -2.46. The number of Topliss-reactive ketones (excluding diaryl/α,β-unsaturated/α-hetero) is 1. The summed E-state index contributed by atoms with van der Waals surface area (Å²) in [6.45, 7) is 0.275. The van der Waals surface area contributed by atoms with Crippen molar-refractivity contribution < 1.29 is 14.4 Å². The second kappa shape index (κ2) is 8.13. The van der Waals surface area contributed by atoms with E-state index in [0.717, 1.165) is 37.1 Å². The molecule has 11 heteroatoms. The molecule has 29 heavy (non-hydrogen) atoms. The van der Waals surface area contributed by atoms with Crippen LogP contribution in [0, 0.1) is 5.92 Å². The van der Waals surface area contributed by atoms with Gasteiger partial charge in [-0.2, -0.15) is 0 Å². The fourth-order valence-corrected chi connectivity index (χ4v) is 4.91. The Hall–Kier alpha value is -2.44. The van der Waals surface area contributed by atoms with Crippen molar-refractivity contribution in [2.75, 3.05) is 18.5 Å². The molecule has 0 aromatic carbocycles. The van der Waals surface area contributed by atoms with Gasteiger partial charge >= 0.3 is 0 Å². The van der Waals surface area contributed by atoms with Gasteiger partial charge in [0.15, 0.2) is 5.78 Å². The topological polar surface area (TPSA) is 177 Å². The molecule has 0 saturated carbocycles.